The first-order valence-electron chi connectivity index (χ1n) is 5.81. The monoisotopic (exact) mass is 262 g/mol. The summed E-state index contributed by atoms with van der Waals surface area (Å²) < 4.78 is 1.89. The molecule has 2 aromatic rings. The van der Waals surface area contributed by atoms with Gasteiger partial charge >= 0.3 is 5.69 Å². The summed E-state index contributed by atoms with van der Waals surface area (Å²) in [7, 11) is 0. The van der Waals surface area contributed by atoms with E-state index in [-0.39, 0.29) is 17.5 Å². The summed E-state index contributed by atoms with van der Waals surface area (Å²) in [4.78, 5) is 14.3. The highest BCUT2D eigenvalue weighted by molar-refractivity contribution is 5.54. The Kier molecular flexibility index (Phi) is 3.69. The van der Waals surface area contributed by atoms with E-state index in [1.54, 1.807) is 6.33 Å². The smallest absolute Gasteiger partial charge is 0.311 e. The second-order valence-electron chi connectivity index (χ2n) is 4.23. The number of pyridine rings is 1. The average molecular weight is 262 g/mol. The third kappa shape index (κ3) is 2.84. The van der Waals surface area contributed by atoms with E-state index in [9.17, 15) is 10.1 Å². The van der Waals surface area contributed by atoms with Crippen molar-refractivity contribution in [2.24, 2.45) is 0 Å². The summed E-state index contributed by atoms with van der Waals surface area (Å²) in [5.74, 6) is 0.931. The van der Waals surface area contributed by atoms with Gasteiger partial charge in [-0.05, 0) is 19.9 Å². The lowest BCUT2D eigenvalue weighted by Gasteiger charge is -2.10. The van der Waals surface area contributed by atoms with Crippen LogP contribution in [0.5, 0.6) is 0 Å². The molecule has 0 radical (unpaired) electrons. The predicted octanol–water partition coefficient (Wildman–Crippen LogP) is 1.77. The van der Waals surface area contributed by atoms with Gasteiger partial charge in [-0.3, -0.25) is 10.1 Å². The molecule has 0 amide bonds. The Morgan fingerprint density at radius 1 is 1.53 bits per heavy atom. The predicted molar refractivity (Wildman–Crippen MR) is 68.6 cm³/mol. The van der Waals surface area contributed by atoms with Gasteiger partial charge in [0.05, 0.1) is 11.5 Å². The third-order valence-electron chi connectivity index (χ3n) is 2.60. The van der Waals surface area contributed by atoms with Crippen LogP contribution in [0.3, 0.4) is 0 Å². The molecule has 0 aliphatic carbocycles. The van der Waals surface area contributed by atoms with E-state index in [4.69, 9.17) is 0 Å². The molecular formula is C11H14N6O2. The normalized spacial score (nSPS) is 10.7. The van der Waals surface area contributed by atoms with E-state index in [0.29, 0.717) is 12.4 Å². The largest absolute Gasteiger partial charge is 0.357 e. The zero-order valence-electron chi connectivity index (χ0n) is 10.6. The molecule has 0 bridgehead atoms. The summed E-state index contributed by atoms with van der Waals surface area (Å²) in [6.07, 6.45) is 3.14. The van der Waals surface area contributed by atoms with Crippen LogP contribution in [-0.4, -0.2) is 24.7 Å². The fourth-order valence-corrected chi connectivity index (χ4v) is 1.67. The van der Waals surface area contributed by atoms with Crippen molar-refractivity contribution in [3.8, 4) is 0 Å². The first kappa shape index (κ1) is 12.9. The van der Waals surface area contributed by atoms with Crippen LogP contribution < -0.4 is 5.32 Å². The van der Waals surface area contributed by atoms with Gasteiger partial charge in [0, 0.05) is 18.3 Å². The number of anilines is 1. The molecule has 0 fully saturated rings. The molecule has 8 heteroatoms. The van der Waals surface area contributed by atoms with Crippen LogP contribution >= 0.6 is 0 Å². The number of hydrogen-bond acceptors (Lipinski definition) is 6. The molecule has 0 aliphatic rings. The van der Waals surface area contributed by atoms with Crippen LogP contribution in [0.4, 0.5) is 11.5 Å². The fraction of sp³-hybridized carbons (Fsp3) is 0.364. The van der Waals surface area contributed by atoms with Gasteiger partial charge in [0.1, 0.15) is 6.33 Å². The molecule has 0 atom stereocenters. The van der Waals surface area contributed by atoms with Crippen molar-refractivity contribution in [2.75, 3.05) is 5.32 Å². The molecule has 2 heterocycles. The van der Waals surface area contributed by atoms with Gasteiger partial charge in [-0.1, -0.05) is 0 Å². The van der Waals surface area contributed by atoms with Gasteiger partial charge in [-0.2, -0.15) is 0 Å². The van der Waals surface area contributed by atoms with Crippen molar-refractivity contribution in [2.45, 2.75) is 26.4 Å². The van der Waals surface area contributed by atoms with Gasteiger partial charge in [0.2, 0.25) is 5.82 Å². The van der Waals surface area contributed by atoms with E-state index in [1.165, 1.54) is 18.3 Å². The lowest BCUT2D eigenvalue weighted by atomic mass is 10.3. The van der Waals surface area contributed by atoms with E-state index in [2.05, 4.69) is 20.5 Å². The van der Waals surface area contributed by atoms with E-state index >= 15 is 0 Å². The zero-order chi connectivity index (χ0) is 13.8. The Bertz CT molecular complexity index is 580. The number of nitro groups is 1. The SMILES string of the molecule is CC(C)n1cnnc1CNc1ncccc1[N+](=O)[O-]. The summed E-state index contributed by atoms with van der Waals surface area (Å²) in [5.41, 5.74) is -0.0573. The van der Waals surface area contributed by atoms with Crippen LogP contribution in [0.1, 0.15) is 25.7 Å². The highest BCUT2D eigenvalue weighted by Crippen LogP contribution is 2.20. The quantitative estimate of drug-likeness (QED) is 0.651. The average Bonchev–Trinajstić information content (AvgIpc) is 2.85. The zero-order valence-corrected chi connectivity index (χ0v) is 10.6. The summed E-state index contributed by atoms with van der Waals surface area (Å²) in [6.45, 7) is 4.35. The van der Waals surface area contributed by atoms with Crippen LogP contribution in [0, 0.1) is 10.1 Å². The van der Waals surface area contributed by atoms with E-state index < -0.39 is 4.92 Å². The summed E-state index contributed by atoms with van der Waals surface area (Å²) in [5, 5.41) is 21.6. The van der Waals surface area contributed by atoms with Crippen molar-refractivity contribution in [3.05, 3.63) is 40.6 Å². The second kappa shape index (κ2) is 5.42. The highest BCUT2D eigenvalue weighted by atomic mass is 16.6. The minimum absolute atomic E-state index is 0.0573. The lowest BCUT2D eigenvalue weighted by molar-refractivity contribution is -0.384. The van der Waals surface area contributed by atoms with Crippen LogP contribution in [0.15, 0.2) is 24.7 Å². The molecule has 19 heavy (non-hydrogen) atoms. The van der Waals surface area contributed by atoms with Gasteiger partial charge in [-0.15, -0.1) is 10.2 Å². The molecule has 0 saturated carbocycles. The maximum absolute atomic E-state index is 10.9. The Labute approximate surface area is 109 Å². The molecule has 1 N–H and O–H groups in total. The molecule has 8 nitrogen and oxygen atoms in total. The standard InChI is InChI=1S/C11H14N6O2/c1-8(2)16-7-14-15-10(16)6-13-11-9(17(18)19)4-3-5-12-11/h3-5,7-8H,6H2,1-2H3,(H,12,13). The number of rotatable bonds is 5. The summed E-state index contributed by atoms with van der Waals surface area (Å²) >= 11 is 0. The number of nitrogens with one attached hydrogen (secondary N) is 1. The Morgan fingerprint density at radius 2 is 2.32 bits per heavy atom. The molecule has 0 unspecified atom stereocenters. The summed E-state index contributed by atoms with van der Waals surface area (Å²) in [6, 6.07) is 3.16. The Hall–Kier alpha value is -2.51. The van der Waals surface area contributed by atoms with Gasteiger partial charge < -0.3 is 9.88 Å². The van der Waals surface area contributed by atoms with Crippen LogP contribution in [0.25, 0.3) is 0 Å². The van der Waals surface area contributed by atoms with Crippen molar-refractivity contribution in [3.63, 3.8) is 0 Å². The van der Waals surface area contributed by atoms with Crippen LogP contribution in [-0.2, 0) is 6.54 Å². The molecule has 2 rings (SSSR count). The maximum Gasteiger partial charge on any atom is 0.311 e. The molecule has 0 saturated heterocycles. The Balaban J connectivity index is 2.15. The first-order chi connectivity index (χ1) is 9.09. The Morgan fingerprint density at radius 3 is 3.00 bits per heavy atom. The minimum Gasteiger partial charge on any atom is -0.357 e. The van der Waals surface area contributed by atoms with Crippen molar-refractivity contribution >= 4 is 11.5 Å². The van der Waals surface area contributed by atoms with E-state index in [0.717, 1.165) is 0 Å². The van der Waals surface area contributed by atoms with E-state index in [1.807, 2.05) is 18.4 Å². The molecule has 0 spiro atoms. The molecule has 2 aromatic heterocycles. The van der Waals surface area contributed by atoms with Gasteiger partial charge in [-0.25, -0.2) is 4.98 Å². The minimum atomic E-state index is -0.470. The second-order valence-corrected chi connectivity index (χ2v) is 4.23. The van der Waals surface area contributed by atoms with Crippen molar-refractivity contribution in [1.29, 1.82) is 0 Å². The molecule has 0 aromatic carbocycles. The molecule has 100 valence electrons. The molecular weight excluding hydrogens is 248 g/mol. The van der Waals surface area contributed by atoms with Gasteiger partial charge in [0.15, 0.2) is 5.82 Å². The number of nitrogens with zero attached hydrogens (tertiary/aromatic N) is 5. The van der Waals surface area contributed by atoms with Crippen molar-refractivity contribution in [1.82, 2.24) is 19.7 Å². The van der Waals surface area contributed by atoms with Crippen LogP contribution in [0.2, 0.25) is 0 Å². The topological polar surface area (TPSA) is 98.8 Å². The highest BCUT2D eigenvalue weighted by Gasteiger charge is 2.15. The number of hydrogen-bond donors (Lipinski definition) is 1. The number of aromatic nitrogens is 4. The lowest BCUT2D eigenvalue weighted by Crippen LogP contribution is -2.11. The maximum atomic E-state index is 10.9. The van der Waals surface area contributed by atoms with Crippen molar-refractivity contribution < 1.29 is 4.92 Å². The molecule has 0 aliphatic heterocycles. The van der Waals surface area contributed by atoms with Gasteiger partial charge in [0.25, 0.3) is 0 Å². The third-order valence-corrected chi connectivity index (χ3v) is 2.60. The first-order valence-corrected chi connectivity index (χ1v) is 5.81. The fourth-order valence-electron chi connectivity index (χ4n) is 1.67.